The molecule has 0 heterocycles. The van der Waals surface area contributed by atoms with Gasteiger partial charge >= 0.3 is 0 Å². The number of hydrogen-bond acceptors (Lipinski definition) is 3. The summed E-state index contributed by atoms with van der Waals surface area (Å²) in [6, 6.07) is 6.02. The predicted molar refractivity (Wildman–Crippen MR) is 66.1 cm³/mol. The average Bonchev–Trinajstić information content (AvgIpc) is 2.30. The van der Waals surface area contributed by atoms with Crippen LogP contribution in [0.5, 0.6) is 11.5 Å². The lowest BCUT2D eigenvalue weighted by Crippen LogP contribution is -2.11. The minimum atomic E-state index is 0.207. The summed E-state index contributed by atoms with van der Waals surface area (Å²) >= 11 is 0. The molecule has 1 rings (SSSR count). The van der Waals surface area contributed by atoms with Crippen LogP contribution in [-0.2, 0) is 6.54 Å². The van der Waals surface area contributed by atoms with E-state index in [0.717, 1.165) is 24.5 Å². The van der Waals surface area contributed by atoms with E-state index in [0.29, 0.717) is 0 Å². The van der Waals surface area contributed by atoms with Gasteiger partial charge in [-0.1, -0.05) is 13.0 Å². The minimum Gasteiger partial charge on any atom is -0.493 e. The number of ether oxygens (including phenoxy) is 2. The first-order valence-electron chi connectivity index (χ1n) is 5.69. The van der Waals surface area contributed by atoms with Crippen LogP contribution in [0.25, 0.3) is 0 Å². The number of rotatable bonds is 6. The topological polar surface area (TPSA) is 30.5 Å². The quantitative estimate of drug-likeness (QED) is 0.804. The fourth-order valence-electron chi connectivity index (χ4n) is 1.43. The Morgan fingerprint density at radius 1 is 1.31 bits per heavy atom. The zero-order chi connectivity index (χ0) is 12.0. The molecule has 3 nitrogen and oxygen atoms in total. The third-order valence-corrected chi connectivity index (χ3v) is 2.51. The molecule has 1 unspecified atom stereocenters. The molecule has 0 saturated heterocycles. The Hall–Kier alpha value is -1.22. The van der Waals surface area contributed by atoms with Gasteiger partial charge in [0.05, 0.1) is 13.2 Å². The van der Waals surface area contributed by atoms with E-state index in [2.05, 4.69) is 19.2 Å². The van der Waals surface area contributed by atoms with Gasteiger partial charge in [-0.3, -0.25) is 0 Å². The van der Waals surface area contributed by atoms with Crippen LogP contribution in [0.15, 0.2) is 18.2 Å². The first kappa shape index (κ1) is 12.8. The van der Waals surface area contributed by atoms with Crippen molar-refractivity contribution in [2.75, 3.05) is 14.2 Å². The molecule has 90 valence electrons. The van der Waals surface area contributed by atoms with Gasteiger partial charge in [-0.15, -0.1) is 0 Å². The maximum absolute atomic E-state index is 5.82. The predicted octanol–water partition coefficient (Wildman–Crippen LogP) is 2.59. The summed E-state index contributed by atoms with van der Waals surface area (Å²) in [4.78, 5) is 0. The summed E-state index contributed by atoms with van der Waals surface area (Å²) in [6.45, 7) is 5.00. The molecule has 1 atom stereocenters. The summed E-state index contributed by atoms with van der Waals surface area (Å²) in [5, 5.41) is 3.12. The summed E-state index contributed by atoms with van der Waals surface area (Å²) in [6.07, 6.45) is 1.19. The molecule has 16 heavy (non-hydrogen) atoms. The molecule has 0 spiro atoms. The molecule has 0 aliphatic carbocycles. The first-order chi connectivity index (χ1) is 7.71. The molecule has 1 aromatic rings. The van der Waals surface area contributed by atoms with Crippen molar-refractivity contribution in [1.29, 1.82) is 0 Å². The van der Waals surface area contributed by atoms with Gasteiger partial charge in [0.1, 0.15) is 0 Å². The Labute approximate surface area is 97.8 Å². The van der Waals surface area contributed by atoms with Crippen LogP contribution in [0.4, 0.5) is 0 Å². The van der Waals surface area contributed by atoms with E-state index in [4.69, 9.17) is 9.47 Å². The molecule has 1 aromatic carbocycles. The van der Waals surface area contributed by atoms with E-state index in [1.807, 2.05) is 25.2 Å². The van der Waals surface area contributed by atoms with Crippen molar-refractivity contribution in [2.45, 2.75) is 32.9 Å². The Morgan fingerprint density at radius 2 is 2.06 bits per heavy atom. The molecule has 0 aliphatic rings. The standard InChI is InChI=1S/C13H21NO2/c1-5-10(2)16-13-8-11(9-14-3)6-7-12(13)15-4/h6-8,10,14H,5,9H2,1-4H3. The van der Waals surface area contributed by atoms with E-state index in [1.54, 1.807) is 7.11 Å². The van der Waals surface area contributed by atoms with Crippen molar-refractivity contribution < 1.29 is 9.47 Å². The van der Waals surface area contributed by atoms with E-state index in [-0.39, 0.29) is 6.10 Å². The molecular weight excluding hydrogens is 202 g/mol. The second kappa shape index (κ2) is 6.38. The number of nitrogens with one attached hydrogen (secondary N) is 1. The lowest BCUT2D eigenvalue weighted by atomic mass is 10.2. The van der Waals surface area contributed by atoms with Crippen LogP contribution in [-0.4, -0.2) is 20.3 Å². The molecule has 3 heteroatoms. The molecule has 0 radical (unpaired) electrons. The highest BCUT2D eigenvalue weighted by Gasteiger charge is 2.08. The van der Waals surface area contributed by atoms with Crippen LogP contribution >= 0.6 is 0 Å². The zero-order valence-electron chi connectivity index (χ0n) is 10.5. The summed E-state index contributed by atoms with van der Waals surface area (Å²) in [7, 11) is 3.59. The van der Waals surface area contributed by atoms with E-state index in [1.165, 1.54) is 5.56 Å². The number of hydrogen-bond donors (Lipinski definition) is 1. The Balaban J connectivity index is 2.88. The summed E-state index contributed by atoms with van der Waals surface area (Å²) in [5.41, 5.74) is 1.20. The van der Waals surface area contributed by atoms with Gasteiger partial charge in [0.25, 0.3) is 0 Å². The van der Waals surface area contributed by atoms with Gasteiger partial charge in [-0.2, -0.15) is 0 Å². The number of benzene rings is 1. The molecule has 0 bridgehead atoms. The zero-order valence-corrected chi connectivity index (χ0v) is 10.5. The monoisotopic (exact) mass is 223 g/mol. The SMILES string of the molecule is CCC(C)Oc1cc(CNC)ccc1OC. The second-order valence-corrected chi connectivity index (χ2v) is 3.85. The third-order valence-electron chi connectivity index (χ3n) is 2.51. The van der Waals surface area contributed by atoms with Gasteiger partial charge < -0.3 is 14.8 Å². The molecule has 0 fully saturated rings. The van der Waals surface area contributed by atoms with Crippen molar-refractivity contribution in [3.8, 4) is 11.5 Å². The van der Waals surface area contributed by atoms with Gasteiger partial charge in [-0.25, -0.2) is 0 Å². The minimum absolute atomic E-state index is 0.207. The maximum Gasteiger partial charge on any atom is 0.161 e. The number of methoxy groups -OCH3 is 1. The Kier molecular flexibility index (Phi) is 5.12. The molecule has 1 N–H and O–H groups in total. The highest BCUT2D eigenvalue weighted by Crippen LogP contribution is 2.29. The lowest BCUT2D eigenvalue weighted by Gasteiger charge is -2.16. The molecular formula is C13H21NO2. The van der Waals surface area contributed by atoms with Gasteiger partial charge in [0.2, 0.25) is 0 Å². The van der Waals surface area contributed by atoms with Crippen LogP contribution in [0, 0.1) is 0 Å². The Bertz CT molecular complexity index is 326. The average molecular weight is 223 g/mol. The van der Waals surface area contributed by atoms with Crippen molar-refractivity contribution in [3.05, 3.63) is 23.8 Å². The third kappa shape index (κ3) is 3.42. The molecule has 0 saturated carbocycles. The normalized spacial score (nSPS) is 12.2. The largest absolute Gasteiger partial charge is 0.493 e. The van der Waals surface area contributed by atoms with Crippen LogP contribution in [0.3, 0.4) is 0 Å². The first-order valence-corrected chi connectivity index (χ1v) is 5.69. The van der Waals surface area contributed by atoms with Crippen LogP contribution < -0.4 is 14.8 Å². The Morgan fingerprint density at radius 3 is 2.62 bits per heavy atom. The van der Waals surface area contributed by atoms with Gasteiger partial charge in [0, 0.05) is 6.54 Å². The van der Waals surface area contributed by atoms with E-state index < -0.39 is 0 Å². The summed E-state index contributed by atoms with van der Waals surface area (Å²) < 4.78 is 11.1. The van der Waals surface area contributed by atoms with Crippen molar-refractivity contribution in [1.82, 2.24) is 5.32 Å². The summed E-state index contributed by atoms with van der Waals surface area (Å²) in [5.74, 6) is 1.62. The van der Waals surface area contributed by atoms with Crippen molar-refractivity contribution >= 4 is 0 Å². The highest BCUT2D eigenvalue weighted by atomic mass is 16.5. The fraction of sp³-hybridized carbons (Fsp3) is 0.538. The van der Waals surface area contributed by atoms with Crippen molar-refractivity contribution in [3.63, 3.8) is 0 Å². The van der Waals surface area contributed by atoms with Crippen LogP contribution in [0.1, 0.15) is 25.8 Å². The molecule has 0 aromatic heterocycles. The smallest absolute Gasteiger partial charge is 0.161 e. The second-order valence-electron chi connectivity index (χ2n) is 3.85. The molecule has 0 amide bonds. The highest BCUT2D eigenvalue weighted by molar-refractivity contribution is 5.43. The lowest BCUT2D eigenvalue weighted by molar-refractivity contribution is 0.207. The van der Waals surface area contributed by atoms with Gasteiger partial charge in [0.15, 0.2) is 11.5 Å². The maximum atomic E-state index is 5.82. The van der Waals surface area contributed by atoms with E-state index >= 15 is 0 Å². The van der Waals surface area contributed by atoms with Crippen LogP contribution in [0.2, 0.25) is 0 Å². The van der Waals surface area contributed by atoms with Gasteiger partial charge in [-0.05, 0) is 38.1 Å². The molecule has 0 aliphatic heterocycles. The fourth-order valence-corrected chi connectivity index (χ4v) is 1.43. The van der Waals surface area contributed by atoms with E-state index in [9.17, 15) is 0 Å². The van der Waals surface area contributed by atoms with Crippen molar-refractivity contribution in [2.24, 2.45) is 0 Å².